The van der Waals surface area contributed by atoms with E-state index in [0.29, 0.717) is 43.9 Å². The summed E-state index contributed by atoms with van der Waals surface area (Å²) in [6.45, 7) is 2.99. The van der Waals surface area contributed by atoms with Gasteiger partial charge in [-0.2, -0.15) is 0 Å². The SMILES string of the molecule is Cc1ccc(OCCN(C)C(=O)CC[C@@]2(Cc3ccc(Cl)cc3)CCC(=O)N2)cc1. The minimum Gasteiger partial charge on any atom is -0.492 e. The summed E-state index contributed by atoms with van der Waals surface area (Å²) in [5.74, 6) is 0.910. The average molecular weight is 429 g/mol. The molecule has 1 aliphatic rings. The summed E-state index contributed by atoms with van der Waals surface area (Å²) in [4.78, 5) is 26.3. The van der Waals surface area contributed by atoms with Gasteiger partial charge in [0.2, 0.25) is 11.8 Å². The molecule has 2 amide bonds. The Bertz CT molecular complexity index is 867. The van der Waals surface area contributed by atoms with Crippen LogP contribution in [0.15, 0.2) is 48.5 Å². The number of nitrogens with zero attached hydrogens (tertiary/aromatic N) is 1. The van der Waals surface area contributed by atoms with Gasteiger partial charge in [-0.1, -0.05) is 41.4 Å². The lowest BCUT2D eigenvalue weighted by Crippen LogP contribution is -2.44. The molecule has 1 heterocycles. The molecule has 3 rings (SSSR count). The van der Waals surface area contributed by atoms with Crippen LogP contribution in [0.2, 0.25) is 5.02 Å². The fraction of sp³-hybridized carbons (Fsp3) is 0.417. The van der Waals surface area contributed by atoms with Crippen LogP contribution in [0.25, 0.3) is 0 Å². The summed E-state index contributed by atoms with van der Waals surface area (Å²) < 4.78 is 5.72. The van der Waals surface area contributed by atoms with Gasteiger partial charge in [0.1, 0.15) is 12.4 Å². The molecule has 0 radical (unpaired) electrons. The third-order valence-electron chi connectivity index (χ3n) is 5.65. The maximum absolute atomic E-state index is 12.6. The summed E-state index contributed by atoms with van der Waals surface area (Å²) in [5.41, 5.74) is 1.91. The molecular weight excluding hydrogens is 400 g/mol. The first-order valence-electron chi connectivity index (χ1n) is 10.3. The van der Waals surface area contributed by atoms with Gasteiger partial charge in [0.15, 0.2) is 0 Å². The smallest absolute Gasteiger partial charge is 0.222 e. The number of amides is 2. The normalized spacial score (nSPS) is 18.2. The zero-order chi connectivity index (χ0) is 21.6. The van der Waals surface area contributed by atoms with Gasteiger partial charge in [-0.15, -0.1) is 0 Å². The fourth-order valence-electron chi connectivity index (χ4n) is 3.77. The van der Waals surface area contributed by atoms with Crippen molar-refractivity contribution in [2.75, 3.05) is 20.2 Å². The number of aryl methyl sites for hydroxylation is 1. The molecule has 5 nitrogen and oxygen atoms in total. The lowest BCUT2D eigenvalue weighted by Gasteiger charge is -2.30. The first-order valence-corrected chi connectivity index (χ1v) is 10.7. The van der Waals surface area contributed by atoms with Gasteiger partial charge >= 0.3 is 0 Å². The van der Waals surface area contributed by atoms with Crippen molar-refractivity contribution in [1.82, 2.24) is 10.2 Å². The highest BCUT2D eigenvalue weighted by atomic mass is 35.5. The predicted molar refractivity (Wildman–Crippen MR) is 119 cm³/mol. The number of rotatable bonds is 9. The van der Waals surface area contributed by atoms with Crippen LogP contribution in [0.4, 0.5) is 0 Å². The van der Waals surface area contributed by atoms with E-state index < -0.39 is 0 Å². The van der Waals surface area contributed by atoms with E-state index in [-0.39, 0.29) is 17.4 Å². The van der Waals surface area contributed by atoms with Gasteiger partial charge in [0.05, 0.1) is 6.54 Å². The van der Waals surface area contributed by atoms with Crippen LogP contribution in [-0.2, 0) is 16.0 Å². The summed E-state index contributed by atoms with van der Waals surface area (Å²) in [6, 6.07) is 15.5. The van der Waals surface area contributed by atoms with Crippen molar-refractivity contribution in [2.24, 2.45) is 0 Å². The molecule has 160 valence electrons. The van der Waals surface area contributed by atoms with E-state index in [9.17, 15) is 9.59 Å². The summed E-state index contributed by atoms with van der Waals surface area (Å²) in [5, 5.41) is 3.81. The third kappa shape index (κ3) is 6.23. The Morgan fingerprint density at radius 2 is 1.87 bits per heavy atom. The highest BCUT2D eigenvalue weighted by Gasteiger charge is 2.38. The summed E-state index contributed by atoms with van der Waals surface area (Å²) >= 11 is 5.98. The number of hydrogen-bond donors (Lipinski definition) is 1. The molecule has 1 atom stereocenters. The zero-order valence-corrected chi connectivity index (χ0v) is 18.4. The Morgan fingerprint density at radius 1 is 1.17 bits per heavy atom. The second-order valence-electron chi connectivity index (χ2n) is 8.11. The lowest BCUT2D eigenvalue weighted by atomic mass is 9.85. The van der Waals surface area contributed by atoms with Crippen LogP contribution in [0.3, 0.4) is 0 Å². The van der Waals surface area contributed by atoms with Crippen molar-refractivity contribution < 1.29 is 14.3 Å². The number of carbonyl (C=O) groups excluding carboxylic acids is 2. The van der Waals surface area contributed by atoms with Gasteiger partial charge in [-0.05, 0) is 56.0 Å². The van der Waals surface area contributed by atoms with Crippen molar-refractivity contribution in [3.63, 3.8) is 0 Å². The largest absolute Gasteiger partial charge is 0.492 e. The van der Waals surface area contributed by atoms with E-state index in [0.717, 1.165) is 17.7 Å². The number of ether oxygens (including phenoxy) is 1. The fourth-order valence-corrected chi connectivity index (χ4v) is 3.90. The molecule has 1 aliphatic heterocycles. The molecule has 0 aliphatic carbocycles. The van der Waals surface area contributed by atoms with Crippen molar-refractivity contribution in [3.05, 3.63) is 64.7 Å². The molecule has 2 aromatic rings. The van der Waals surface area contributed by atoms with Crippen LogP contribution >= 0.6 is 11.6 Å². The molecule has 0 aromatic heterocycles. The van der Waals surface area contributed by atoms with Crippen LogP contribution in [0.5, 0.6) is 5.75 Å². The monoisotopic (exact) mass is 428 g/mol. The molecule has 0 spiro atoms. The lowest BCUT2D eigenvalue weighted by molar-refractivity contribution is -0.131. The van der Waals surface area contributed by atoms with E-state index in [4.69, 9.17) is 16.3 Å². The number of nitrogens with one attached hydrogen (secondary N) is 1. The van der Waals surface area contributed by atoms with Crippen LogP contribution in [-0.4, -0.2) is 42.5 Å². The Hall–Kier alpha value is -2.53. The van der Waals surface area contributed by atoms with E-state index in [1.54, 1.807) is 11.9 Å². The molecule has 0 saturated carbocycles. The highest BCUT2D eigenvalue weighted by Crippen LogP contribution is 2.30. The van der Waals surface area contributed by atoms with Crippen molar-refractivity contribution in [1.29, 1.82) is 0 Å². The van der Waals surface area contributed by atoms with Gasteiger partial charge in [-0.3, -0.25) is 9.59 Å². The molecule has 1 fully saturated rings. The van der Waals surface area contributed by atoms with Gasteiger partial charge in [0, 0.05) is 30.5 Å². The average Bonchev–Trinajstić information content (AvgIpc) is 3.10. The Labute approximate surface area is 183 Å². The van der Waals surface area contributed by atoms with E-state index >= 15 is 0 Å². The second-order valence-corrected chi connectivity index (χ2v) is 8.54. The van der Waals surface area contributed by atoms with E-state index in [1.165, 1.54) is 5.56 Å². The quantitative estimate of drug-likeness (QED) is 0.652. The first kappa shape index (κ1) is 22.2. The minimum atomic E-state index is -0.375. The van der Waals surface area contributed by atoms with Crippen LogP contribution in [0.1, 0.15) is 36.8 Å². The van der Waals surface area contributed by atoms with Gasteiger partial charge in [0.25, 0.3) is 0 Å². The third-order valence-corrected chi connectivity index (χ3v) is 5.90. The zero-order valence-electron chi connectivity index (χ0n) is 17.6. The van der Waals surface area contributed by atoms with E-state index in [2.05, 4.69) is 5.32 Å². The van der Waals surface area contributed by atoms with E-state index in [1.807, 2.05) is 55.5 Å². The Balaban J connectivity index is 1.50. The maximum Gasteiger partial charge on any atom is 0.222 e. The maximum atomic E-state index is 12.6. The van der Waals surface area contributed by atoms with Crippen molar-refractivity contribution in [2.45, 2.75) is 44.6 Å². The van der Waals surface area contributed by atoms with Crippen molar-refractivity contribution >= 4 is 23.4 Å². The van der Waals surface area contributed by atoms with Gasteiger partial charge < -0.3 is 15.0 Å². The first-order chi connectivity index (χ1) is 14.3. The molecule has 2 aromatic carbocycles. The topological polar surface area (TPSA) is 58.6 Å². The Kier molecular flexibility index (Phi) is 7.38. The molecule has 1 N–H and O–H groups in total. The number of benzene rings is 2. The van der Waals surface area contributed by atoms with Crippen LogP contribution in [0, 0.1) is 6.92 Å². The summed E-state index contributed by atoms with van der Waals surface area (Å²) in [6.07, 6.45) is 2.94. The number of likely N-dealkylation sites (N-methyl/N-ethyl adjacent to an activating group) is 1. The predicted octanol–water partition coefficient (Wildman–Crippen LogP) is 4.16. The molecule has 6 heteroatoms. The number of halogens is 1. The second kappa shape index (κ2) is 9.98. The molecule has 30 heavy (non-hydrogen) atoms. The Morgan fingerprint density at radius 3 is 2.50 bits per heavy atom. The molecule has 0 bridgehead atoms. The standard InChI is InChI=1S/C24H29ClN2O3/c1-18-3-9-21(10-4-18)30-16-15-27(2)23(29)12-14-24(13-11-22(28)26-24)17-19-5-7-20(25)8-6-19/h3-10H,11-17H2,1-2H3,(H,26,28)/t24-/m1/s1. The number of carbonyl (C=O) groups is 2. The summed E-state index contributed by atoms with van der Waals surface area (Å²) in [7, 11) is 1.79. The highest BCUT2D eigenvalue weighted by molar-refractivity contribution is 6.30. The number of hydrogen-bond acceptors (Lipinski definition) is 3. The van der Waals surface area contributed by atoms with Crippen LogP contribution < -0.4 is 10.1 Å². The van der Waals surface area contributed by atoms with Gasteiger partial charge in [-0.25, -0.2) is 0 Å². The molecule has 0 unspecified atom stereocenters. The molecule has 1 saturated heterocycles. The molecular formula is C24H29ClN2O3. The van der Waals surface area contributed by atoms with Crippen molar-refractivity contribution in [3.8, 4) is 5.75 Å². The minimum absolute atomic E-state index is 0.0521.